The molecule has 0 unspecified atom stereocenters. The molecule has 0 spiro atoms. The van der Waals surface area contributed by atoms with E-state index in [9.17, 15) is 9.59 Å². The summed E-state index contributed by atoms with van der Waals surface area (Å²) in [7, 11) is 1.63. The fraction of sp³-hybridized carbons (Fsp3) is 0.500. The summed E-state index contributed by atoms with van der Waals surface area (Å²) in [4.78, 5) is 33.3. The zero-order valence-electron chi connectivity index (χ0n) is 29.3. The van der Waals surface area contributed by atoms with Crippen molar-refractivity contribution in [3.05, 3.63) is 65.2 Å². The Labute approximate surface area is 283 Å². The summed E-state index contributed by atoms with van der Waals surface area (Å²) in [5, 5.41) is 0. The highest BCUT2D eigenvalue weighted by atomic mass is 16.6. The summed E-state index contributed by atoms with van der Waals surface area (Å²) in [6.45, 7) is 12.8. The number of aromatic nitrogens is 1. The number of benzene rings is 2. The molecule has 2 fully saturated rings. The van der Waals surface area contributed by atoms with Crippen LogP contribution in [0.25, 0.3) is 11.3 Å². The number of amides is 1. The molecule has 1 aromatic heterocycles. The van der Waals surface area contributed by atoms with E-state index in [-0.39, 0.29) is 23.4 Å². The van der Waals surface area contributed by atoms with E-state index >= 15 is 0 Å². The first kappa shape index (κ1) is 34.9. The van der Waals surface area contributed by atoms with Crippen LogP contribution in [0.1, 0.15) is 94.6 Å². The quantitative estimate of drug-likeness (QED) is 0.217. The standard InChI is InChI=1S/C38H49N3O7/c1-37(2,3)47-35(42)32-28(26-10-9-19-41(21-26)36(43)48-38(4,5)6)20-29(40-34(32)39)33-30(45-22-24-13-14-24)11-8-12-31(33)46-23-25-15-17-27(44-7)18-16-25/h8,11-12,15-18,20,24,26H,9-10,13-14,19,21-23H2,1-7H3,(H2,39,40)/t26-/m1/s1. The first-order valence-electron chi connectivity index (χ1n) is 16.7. The predicted octanol–water partition coefficient (Wildman–Crippen LogP) is 7.78. The number of piperidine rings is 1. The minimum atomic E-state index is -0.750. The van der Waals surface area contributed by atoms with Gasteiger partial charge in [0.05, 0.1) is 25.0 Å². The van der Waals surface area contributed by atoms with Gasteiger partial charge >= 0.3 is 12.1 Å². The van der Waals surface area contributed by atoms with Crippen LogP contribution in [0.15, 0.2) is 48.5 Å². The molecule has 1 aliphatic heterocycles. The van der Waals surface area contributed by atoms with E-state index in [2.05, 4.69) is 0 Å². The van der Waals surface area contributed by atoms with E-state index in [1.807, 2.05) is 90.1 Å². The molecule has 0 bridgehead atoms. The van der Waals surface area contributed by atoms with Crippen molar-refractivity contribution in [2.45, 2.75) is 91.0 Å². The number of carbonyl (C=O) groups is 2. The first-order valence-corrected chi connectivity index (χ1v) is 16.7. The number of nitrogen functional groups attached to an aromatic ring is 1. The number of likely N-dealkylation sites (tertiary alicyclic amines) is 1. The molecule has 10 heteroatoms. The third kappa shape index (κ3) is 9.11. The van der Waals surface area contributed by atoms with E-state index in [1.165, 1.54) is 0 Å². The highest BCUT2D eigenvalue weighted by molar-refractivity contribution is 5.97. The molecule has 2 heterocycles. The van der Waals surface area contributed by atoms with Crippen molar-refractivity contribution >= 4 is 17.9 Å². The van der Waals surface area contributed by atoms with Crippen LogP contribution in [0.3, 0.4) is 0 Å². The maximum absolute atomic E-state index is 13.7. The SMILES string of the molecule is COc1ccc(COc2cccc(OCC3CC3)c2-c2cc([C@@H]3CCCN(C(=O)OC(C)(C)C)C3)c(C(=O)OC(C)(C)C)c(N)n2)cc1. The smallest absolute Gasteiger partial charge is 0.410 e. The van der Waals surface area contributed by atoms with Gasteiger partial charge < -0.3 is 34.3 Å². The normalized spacial score (nSPS) is 16.6. The van der Waals surface area contributed by atoms with Crippen LogP contribution >= 0.6 is 0 Å². The van der Waals surface area contributed by atoms with E-state index < -0.39 is 17.2 Å². The topological polar surface area (TPSA) is 122 Å². The molecule has 5 rings (SSSR count). The van der Waals surface area contributed by atoms with Gasteiger partial charge in [-0.25, -0.2) is 14.6 Å². The second kappa shape index (κ2) is 14.3. The van der Waals surface area contributed by atoms with Gasteiger partial charge in [0, 0.05) is 19.0 Å². The predicted molar refractivity (Wildman–Crippen MR) is 185 cm³/mol. The number of nitrogens with zero attached hydrogens (tertiary/aromatic N) is 2. The number of hydrogen-bond acceptors (Lipinski definition) is 9. The Morgan fingerprint density at radius 2 is 1.58 bits per heavy atom. The molecular formula is C38H49N3O7. The minimum absolute atomic E-state index is 0.0456. The van der Waals surface area contributed by atoms with Crippen molar-refractivity contribution in [3.63, 3.8) is 0 Å². The molecule has 2 aromatic carbocycles. The van der Waals surface area contributed by atoms with E-state index in [0.717, 1.165) is 37.0 Å². The number of rotatable bonds is 10. The maximum atomic E-state index is 13.7. The molecule has 48 heavy (non-hydrogen) atoms. The summed E-state index contributed by atoms with van der Waals surface area (Å²) >= 11 is 0. The van der Waals surface area contributed by atoms with Gasteiger partial charge in [-0.2, -0.15) is 0 Å². The Kier molecular flexibility index (Phi) is 10.4. The largest absolute Gasteiger partial charge is 0.497 e. The number of hydrogen-bond donors (Lipinski definition) is 1. The summed E-state index contributed by atoms with van der Waals surface area (Å²) in [5.41, 5.74) is 8.29. The molecule has 258 valence electrons. The Hall–Kier alpha value is -4.47. The van der Waals surface area contributed by atoms with Crippen molar-refractivity contribution < 1.29 is 33.3 Å². The van der Waals surface area contributed by atoms with Crippen LogP contribution in [-0.4, -0.2) is 60.0 Å². The average molecular weight is 660 g/mol. The lowest BCUT2D eigenvalue weighted by molar-refractivity contribution is 0.00682. The molecule has 1 saturated heterocycles. The summed E-state index contributed by atoms with van der Waals surface area (Å²) in [5.74, 6) is 1.74. The summed E-state index contributed by atoms with van der Waals surface area (Å²) < 4.78 is 29.6. The lowest BCUT2D eigenvalue weighted by Gasteiger charge is -2.35. The van der Waals surface area contributed by atoms with Crippen molar-refractivity contribution in [3.8, 4) is 28.5 Å². The van der Waals surface area contributed by atoms with Crippen molar-refractivity contribution in [2.24, 2.45) is 5.92 Å². The van der Waals surface area contributed by atoms with E-state index in [4.69, 9.17) is 34.4 Å². The number of ether oxygens (including phenoxy) is 5. The van der Waals surface area contributed by atoms with Gasteiger partial charge in [0.25, 0.3) is 0 Å². The Morgan fingerprint density at radius 1 is 0.917 bits per heavy atom. The van der Waals surface area contributed by atoms with Gasteiger partial charge in [-0.1, -0.05) is 18.2 Å². The van der Waals surface area contributed by atoms with Gasteiger partial charge in [0.2, 0.25) is 0 Å². The van der Waals surface area contributed by atoms with E-state index in [1.54, 1.807) is 12.0 Å². The molecule has 2 N–H and O–H groups in total. The van der Waals surface area contributed by atoms with Crippen LogP contribution in [-0.2, 0) is 16.1 Å². The average Bonchev–Trinajstić information content (AvgIpc) is 3.85. The number of pyridine rings is 1. The van der Waals surface area contributed by atoms with Crippen LogP contribution in [0.4, 0.5) is 10.6 Å². The molecule has 1 amide bonds. The van der Waals surface area contributed by atoms with Crippen LogP contribution < -0.4 is 19.9 Å². The highest BCUT2D eigenvalue weighted by Crippen LogP contribution is 2.43. The lowest BCUT2D eigenvalue weighted by Crippen LogP contribution is -2.42. The molecule has 0 radical (unpaired) electrons. The van der Waals surface area contributed by atoms with Crippen LogP contribution in [0, 0.1) is 5.92 Å². The van der Waals surface area contributed by atoms with E-state index in [0.29, 0.717) is 60.5 Å². The molecule has 2 aliphatic rings. The molecule has 1 saturated carbocycles. The monoisotopic (exact) mass is 659 g/mol. The zero-order chi connectivity index (χ0) is 34.6. The fourth-order valence-corrected chi connectivity index (χ4v) is 5.69. The zero-order valence-corrected chi connectivity index (χ0v) is 29.3. The van der Waals surface area contributed by atoms with Crippen LogP contribution in [0.2, 0.25) is 0 Å². The van der Waals surface area contributed by atoms with Gasteiger partial charge in [-0.15, -0.1) is 0 Å². The molecule has 3 aromatic rings. The van der Waals surface area contributed by atoms with Gasteiger partial charge in [-0.05, 0) is 115 Å². The number of methoxy groups -OCH3 is 1. The first-order chi connectivity index (χ1) is 22.7. The molecular weight excluding hydrogens is 610 g/mol. The second-order valence-corrected chi connectivity index (χ2v) is 14.6. The van der Waals surface area contributed by atoms with Crippen molar-refractivity contribution in [2.75, 3.05) is 32.5 Å². The Bertz CT molecular complexity index is 1600. The molecule has 1 atom stereocenters. The Balaban J connectivity index is 1.57. The summed E-state index contributed by atoms with van der Waals surface area (Å²) in [6.07, 6.45) is 3.35. The third-order valence-corrected chi connectivity index (χ3v) is 8.16. The minimum Gasteiger partial charge on any atom is -0.497 e. The van der Waals surface area contributed by atoms with Crippen molar-refractivity contribution in [1.82, 2.24) is 9.88 Å². The fourth-order valence-electron chi connectivity index (χ4n) is 5.69. The number of nitrogens with two attached hydrogens (primary N) is 1. The number of anilines is 1. The lowest BCUT2D eigenvalue weighted by atomic mass is 9.86. The molecule has 1 aliphatic carbocycles. The Morgan fingerprint density at radius 3 is 2.21 bits per heavy atom. The van der Waals surface area contributed by atoms with Crippen LogP contribution in [0.5, 0.6) is 17.2 Å². The van der Waals surface area contributed by atoms with Gasteiger partial charge in [-0.3, -0.25) is 0 Å². The number of carbonyl (C=O) groups excluding carboxylic acids is 2. The van der Waals surface area contributed by atoms with Gasteiger partial charge in [0.1, 0.15) is 46.4 Å². The highest BCUT2D eigenvalue weighted by Gasteiger charge is 2.34. The third-order valence-electron chi connectivity index (χ3n) is 8.16. The van der Waals surface area contributed by atoms with Crippen molar-refractivity contribution in [1.29, 1.82) is 0 Å². The maximum Gasteiger partial charge on any atom is 0.410 e. The second-order valence-electron chi connectivity index (χ2n) is 14.6. The summed E-state index contributed by atoms with van der Waals surface area (Å²) in [6, 6.07) is 15.3. The van der Waals surface area contributed by atoms with Gasteiger partial charge in [0.15, 0.2) is 0 Å². The number of esters is 1. The molecule has 10 nitrogen and oxygen atoms in total.